The van der Waals surface area contributed by atoms with Crippen LogP contribution < -0.4 is 5.32 Å². The van der Waals surface area contributed by atoms with Gasteiger partial charge in [0.05, 0.1) is 18.5 Å². The fraction of sp³-hybridized carbons (Fsp3) is 0.278. The molecule has 116 valence electrons. The van der Waals surface area contributed by atoms with Gasteiger partial charge in [-0.15, -0.1) is 11.8 Å². The molecule has 4 heteroatoms. The largest absolute Gasteiger partial charge is 0.375 e. The fourth-order valence-electron chi connectivity index (χ4n) is 1.91. The third kappa shape index (κ3) is 5.92. The van der Waals surface area contributed by atoms with E-state index in [2.05, 4.69) is 5.32 Å². The summed E-state index contributed by atoms with van der Waals surface area (Å²) in [5, 5.41) is 2.79. The second-order valence-electron chi connectivity index (χ2n) is 4.90. The molecule has 2 rings (SSSR count). The molecule has 1 unspecified atom stereocenters. The lowest BCUT2D eigenvalue weighted by molar-refractivity contribution is -0.120. The number of carbonyl (C=O) groups excluding carboxylic acids is 1. The Hall–Kier alpha value is -1.78. The van der Waals surface area contributed by atoms with Crippen molar-refractivity contribution in [3.05, 3.63) is 66.2 Å². The summed E-state index contributed by atoms with van der Waals surface area (Å²) < 4.78 is 5.55. The Bertz CT molecular complexity index is 560. The Labute approximate surface area is 136 Å². The molecule has 2 aromatic carbocycles. The Morgan fingerprint density at radius 3 is 2.41 bits per heavy atom. The SMILES string of the molecule is CC(Sc1ccccc1)C(=O)NCCOCc1ccccc1. The van der Waals surface area contributed by atoms with E-state index in [0.29, 0.717) is 19.8 Å². The quantitative estimate of drug-likeness (QED) is 0.598. The Morgan fingerprint density at radius 1 is 1.09 bits per heavy atom. The van der Waals surface area contributed by atoms with Crippen LogP contribution in [0, 0.1) is 0 Å². The van der Waals surface area contributed by atoms with E-state index in [9.17, 15) is 4.79 Å². The first kappa shape index (κ1) is 16.6. The Morgan fingerprint density at radius 2 is 1.73 bits per heavy atom. The number of nitrogens with one attached hydrogen (secondary N) is 1. The summed E-state index contributed by atoms with van der Waals surface area (Å²) in [6, 6.07) is 20.0. The summed E-state index contributed by atoms with van der Waals surface area (Å²) in [4.78, 5) is 13.1. The molecule has 1 amide bonds. The number of carbonyl (C=O) groups is 1. The third-order valence-electron chi connectivity index (χ3n) is 3.08. The summed E-state index contributed by atoms with van der Waals surface area (Å²) in [5.74, 6) is 0.0390. The first-order valence-electron chi connectivity index (χ1n) is 7.37. The van der Waals surface area contributed by atoms with Gasteiger partial charge in [0.2, 0.25) is 5.91 Å². The smallest absolute Gasteiger partial charge is 0.233 e. The molecule has 0 aliphatic carbocycles. The molecule has 0 bridgehead atoms. The third-order valence-corrected chi connectivity index (χ3v) is 4.19. The van der Waals surface area contributed by atoms with E-state index >= 15 is 0 Å². The fourth-order valence-corrected chi connectivity index (χ4v) is 2.82. The van der Waals surface area contributed by atoms with Gasteiger partial charge in [-0.1, -0.05) is 48.5 Å². The van der Waals surface area contributed by atoms with Crippen molar-refractivity contribution in [2.45, 2.75) is 23.7 Å². The van der Waals surface area contributed by atoms with Crippen molar-refractivity contribution in [1.82, 2.24) is 5.32 Å². The molecular formula is C18H21NO2S. The number of thioether (sulfide) groups is 1. The monoisotopic (exact) mass is 315 g/mol. The van der Waals surface area contributed by atoms with Crippen molar-refractivity contribution in [1.29, 1.82) is 0 Å². The molecule has 0 saturated heterocycles. The highest BCUT2D eigenvalue weighted by Gasteiger charge is 2.13. The minimum absolute atomic E-state index is 0.0390. The van der Waals surface area contributed by atoms with E-state index in [-0.39, 0.29) is 11.2 Å². The molecule has 0 aliphatic rings. The van der Waals surface area contributed by atoms with Gasteiger partial charge in [-0.2, -0.15) is 0 Å². The van der Waals surface area contributed by atoms with Gasteiger partial charge in [0.25, 0.3) is 0 Å². The van der Waals surface area contributed by atoms with Crippen molar-refractivity contribution in [2.75, 3.05) is 13.2 Å². The highest BCUT2D eigenvalue weighted by atomic mass is 32.2. The Kier molecular flexibility index (Phi) is 7.00. The van der Waals surface area contributed by atoms with Gasteiger partial charge >= 0.3 is 0 Å². The number of rotatable bonds is 8. The summed E-state index contributed by atoms with van der Waals surface area (Å²) >= 11 is 1.56. The van der Waals surface area contributed by atoms with Gasteiger partial charge in [0, 0.05) is 11.4 Å². The van der Waals surface area contributed by atoms with E-state index < -0.39 is 0 Å². The lowest BCUT2D eigenvalue weighted by Crippen LogP contribution is -2.33. The predicted octanol–water partition coefficient (Wildman–Crippen LogP) is 3.50. The summed E-state index contributed by atoms with van der Waals surface area (Å²) in [6.07, 6.45) is 0. The molecular weight excluding hydrogens is 294 g/mol. The van der Waals surface area contributed by atoms with Gasteiger partial charge in [-0.25, -0.2) is 0 Å². The van der Waals surface area contributed by atoms with Crippen molar-refractivity contribution < 1.29 is 9.53 Å². The number of amides is 1. The van der Waals surface area contributed by atoms with Crippen LogP contribution in [0.4, 0.5) is 0 Å². The number of ether oxygens (including phenoxy) is 1. The molecule has 2 aromatic rings. The zero-order chi connectivity index (χ0) is 15.6. The molecule has 0 heterocycles. The van der Waals surface area contributed by atoms with Gasteiger partial charge in [0.15, 0.2) is 0 Å². The zero-order valence-electron chi connectivity index (χ0n) is 12.7. The standard InChI is InChI=1S/C18H21NO2S/c1-15(22-17-10-6-3-7-11-17)18(20)19-12-13-21-14-16-8-4-2-5-9-16/h2-11,15H,12-14H2,1H3,(H,19,20). The van der Waals surface area contributed by atoms with Crippen LogP contribution in [0.2, 0.25) is 0 Å². The molecule has 0 aliphatic heterocycles. The molecule has 1 atom stereocenters. The van der Waals surface area contributed by atoms with Crippen LogP contribution in [0.1, 0.15) is 12.5 Å². The van der Waals surface area contributed by atoms with E-state index in [0.717, 1.165) is 10.5 Å². The minimum Gasteiger partial charge on any atom is -0.375 e. The maximum absolute atomic E-state index is 12.0. The average molecular weight is 315 g/mol. The molecule has 0 spiro atoms. The van der Waals surface area contributed by atoms with Crippen LogP contribution in [0.25, 0.3) is 0 Å². The maximum Gasteiger partial charge on any atom is 0.233 e. The summed E-state index contributed by atoms with van der Waals surface area (Å²) in [6.45, 7) is 3.54. The first-order chi connectivity index (χ1) is 10.8. The molecule has 0 fully saturated rings. The predicted molar refractivity (Wildman–Crippen MR) is 90.9 cm³/mol. The van der Waals surface area contributed by atoms with Crippen molar-refractivity contribution in [3.63, 3.8) is 0 Å². The number of benzene rings is 2. The highest BCUT2D eigenvalue weighted by molar-refractivity contribution is 8.00. The highest BCUT2D eigenvalue weighted by Crippen LogP contribution is 2.22. The van der Waals surface area contributed by atoms with Gasteiger partial charge < -0.3 is 10.1 Å². The topological polar surface area (TPSA) is 38.3 Å². The molecule has 22 heavy (non-hydrogen) atoms. The van der Waals surface area contributed by atoms with Crippen LogP contribution in [0.15, 0.2) is 65.6 Å². The lowest BCUT2D eigenvalue weighted by atomic mass is 10.2. The number of hydrogen-bond donors (Lipinski definition) is 1. The van der Waals surface area contributed by atoms with Crippen LogP contribution in [0.5, 0.6) is 0 Å². The van der Waals surface area contributed by atoms with Crippen molar-refractivity contribution in [2.24, 2.45) is 0 Å². The Balaban J connectivity index is 1.61. The lowest BCUT2D eigenvalue weighted by Gasteiger charge is -2.12. The molecule has 1 N–H and O–H groups in total. The maximum atomic E-state index is 12.0. The average Bonchev–Trinajstić information content (AvgIpc) is 2.56. The van der Waals surface area contributed by atoms with E-state index in [1.807, 2.05) is 67.6 Å². The van der Waals surface area contributed by atoms with Crippen LogP contribution in [-0.4, -0.2) is 24.3 Å². The zero-order valence-corrected chi connectivity index (χ0v) is 13.5. The van der Waals surface area contributed by atoms with E-state index in [4.69, 9.17) is 4.74 Å². The molecule has 0 aromatic heterocycles. The second-order valence-corrected chi connectivity index (χ2v) is 6.32. The minimum atomic E-state index is -0.114. The van der Waals surface area contributed by atoms with Crippen LogP contribution in [0.3, 0.4) is 0 Å². The molecule has 0 saturated carbocycles. The van der Waals surface area contributed by atoms with Gasteiger partial charge in [-0.3, -0.25) is 4.79 Å². The molecule has 3 nitrogen and oxygen atoms in total. The summed E-state index contributed by atoms with van der Waals surface area (Å²) in [5.41, 5.74) is 1.14. The first-order valence-corrected chi connectivity index (χ1v) is 8.25. The second kappa shape index (κ2) is 9.28. The summed E-state index contributed by atoms with van der Waals surface area (Å²) in [7, 11) is 0. The van der Waals surface area contributed by atoms with Crippen LogP contribution >= 0.6 is 11.8 Å². The van der Waals surface area contributed by atoms with Gasteiger partial charge in [-0.05, 0) is 24.6 Å². The van der Waals surface area contributed by atoms with Crippen LogP contribution in [-0.2, 0) is 16.1 Å². The van der Waals surface area contributed by atoms with E-state index in [1.54, 1.807) is 11.8 Å². The normalized spacial score (nSPS) is 11.9. The van der Waals surface area contributed by atoms with E-state index in [1.165, 1.54) is 0 Å². The van der Waals surface area contributed by atoms with Gasteiger partial charge in [0.1, 0.15) is 0 Å². The van der Waals surface area contributed by atoms with Crippen molar-refractivity contribution in [3.8, 4) is 0 Å². The number of hydrogen-bond acceptors (Lipinski definition) is 3. The molecule has 0 radical (unpaired) electrons. The van der Waals surface area contributed by atoms with Crippen molar-refractivity contribution >= 4 is 17.7 Å².